The van der Waals surface area contributed by atoms with Crippen molar-refractivity contribution in [2.45, 2.75) is 6.92 Å². The summed E-state index contributed by atoms with van der Waals surface area (Å²) >= 11 is 6.02. The van der Waals surface area contributed by atoms with Crippen LogP contribution in [-0.2, 0) is 0 Å². The first-order chi connectivity index (χ1) is 13.1. The number of carbonyl (C=O) groups excluding carboxylic acids is 1. The van der Waals surface area contributed by atoms with Gasteiger partial charge in [0.15, 0.2) is 11.6 Å². The molecule has 0 aliphatic rings. The number of halogens is 1. The number of H-pyrrole nitrogens is 1. The van der Waals surface area contributed by atoms with Gasteiger partial charge in [-0.3, -0.25) is 15.2 Å². The van der Waals surface area contributed by atoms with Crippen molar-refractivity contribution in [3.05, 3.63) is 58.8 Å². The van der Waals surface area contributed by atoms with Crippen LogP contribution in [-0.4, -0.2) is 28.2 Å². The monoisotopic (exact) mass is 382 g/mol. The van der Waals surface area contributed by atoms with Crippen molar-refractivity contribution in [2.24, 2.45) is 0 Å². The summed E-state index contributed by atoms with van der Waals surface area (Å²) in [6.07, 6.45) is 0. The fourth-order valence-corrected chi connectivity index (χ4v) is 3.02. The molecule has 0 spiro atoms. The Bertz CT molecular complexity index is 1150. The topological polar surface area (TPSA) is 93.0 Å². The summed E-state index contributed by atoms with van der Waals surface area (Å²) in [6.45, 7) is 1.80. The lowest BCUT2D eigenvalue weighted by Gasteiger charge is -2.04. The molecule has 0 fully saturated rings. The minimum absolute atomic E-state index is 0.138. The van der Waals surface area contributed by atoms with Gasteiger partial charge < -0.3 is 9.15 Å². The second-order valence-electron chi connectivity index (χ2n) is 5.86. The van der Waals surface area contributed by atoms with Crippen LogP contribution in [0.4, 0.5) is 5.95 Å². The summed E-state index contributed by atoms with van der Waals surface area (Å²) in [5.41, 5.74) is 2.03. The van der Waals surface area contributed by atoms with Gasteiger partial charge in [-0.05, 0) is 37.3 Å². The van der Waals surface area contributed by atoms with Crippen LogP contribution >= 0.6 is 11.6 Å². The van der Waals surface area contributed by atoms with Crippen LogP contribution < -0.4 is 10.1 Å². The second-order valence-corrected chi connectivity index (χ2v) is 6.30. The number of aryl methyl sites for hydroxylation is 1. The lowest BCUT2D eigenvalue weighted by molar-refractivity contribution is 0.0997. The quantitative estimate of drug-likeness (QED) is 0.544. The van der Waals surface area contributed by atoms with Gasteiger partial charge in [0.1, 0.15) is 11.3 Å². The summed E-state index contributed by atoms with van der Waals surface area (Å²) < 4.78 is 11.0. The average Bonchev–Trinajstić information content (AvgIpc) is 3.26. The number of anilines is 1. The van der Waals surface area contributed by atoms with E-state index < -0.39 is 5.91 Å². The molecule has 2 heterocycles. The van der Waals surface area contributed by atoms with Gasteiger partial charge in [-0.1, -0.05) is 23.7 Å². The standard InChI is InChI=1S/C19H15ClN4O3/c1-10-13-9-11(20)7-8-15(13)27-16(10)18(25)22-19-21-17(23-24-19)12-5-3-4-6-14(12)26-2/h3-9H,1-2H3,(H2,21,22,23,24,25). The van der Waals surface area contributed by atoms with Gasteiger partial charge in [0, 0.05) is 16.0 Å². The maximum Gasteiger partial charge on any atom is 0.294 e. The van der Waals surface area contributed by atoms with Crippen LogP contribution in [0.2, 0.25) is 5.02 Å². The molecular weight excluding hydrogens is 368 g/mol. The molecule has 0 saturated carbocycles. The number of aromatic amines is 1. The largest absolute Gasteiger partial charge is 0.496 e. The van der Waals surface area contributed by atoms with Crippen molar-refractivity contribution in [3.63, 3.8) is 0 Å². The van der Waals surface area contributed by atoms with E-state index in [0.717, 1.165) is 10.9 Å². The van der Waals surface area contributed by atoms with Gasteiger partial charge in [0.05, 0.1) is 12.7 Å². The van der Waals surface area contributed by atoms with Crippen molar-refractivity contribution in [2.75, 3.05) is 12.4 Å². The zero-order chi connectivity index (χ0) is 19.0. The number of fused-ring (bicyclic) bond motifs is 1. The number of aromatic nitrogens is 3. The number of methoxy groups -OCH3 is 1. The number of hydrogen-bond donors (Lipinski definition) is 2. The number of rotatable bonds is 4. The van der Waals surface area contributed by atoms with Gasteiger partial charge in [-0.15, -0.1) is 5.10 Å². The molecule has 136 valence electrons. The molecule has 0 saturated heterocycles. The first-order valence-corrected chi connectivity index (χ1v) is 8.50. The normalized spacial score (nSPS) is 10.9. The number of para-hydroxylation sites is 1. The van der Waals surface area contributed by atoms with Gasteiger partial charge in [-0.25, -0.2) is 0 Å². The number of hydrogen-bond acceptors (Lipinski definition) is 5. The second kappa shape index (κ2) is 6.77. The van der Waals surface area contributed by atoms with Crippen molar-refractivity contribution >= 4 is 34.4 Å². The van der Waals surface area contributed by atoms with Crippen LogP contribution in [0.1, 0.15) is 16.1 Å². The first-order valence-electron chi connectivity index (χ1n) is 8.12. The van der Waals surface area contributed by atoms with Crippen LogP contribution in [0.15, 0.2) is 46.9 Å². The van der Waals surface area contributed by atoms with Gasteiger partial charge in [0.2, 0.25) is 5.95 Å². The Kier molecular flexibility index (Phi) is 4.29. The minimum atomic E-state index is -0.439. The lowest BCUT2D eigenvalue weighted by atomic mass is 10.1. The predicted molar refractivity (Wildman–Crippen MR) is 102 cm³/mol. The highest BCUT2D eigenvalue weighted by molar-refractivity contribution is 6.31. The van der Waals surface area contributed by atoms with E-state index in [-0.39, 0.29) is 11.7 Å². The molecule has 2 aromatic carbocycles. The number of furan rings is 1. The maximum absolute atomic E-state index is 12.6. The fraction of sp³-hybridized carbons (Fsp3) is 0.105. The molecule has 0 unspecified atom stereocenters. The Morgan fingerprint density at radius 3 is 2.89 bits per heavy atom. The third-order valence-electron chi connectivity index (χ3n) is 4.18. The predicted octanol–water partition coefficient (Wildman–Crippen LogP) is 4.44. The minimum Gasteiger partial charge on any atom is -0.496 e. The smallest absolute Gasteiger partial charge is 0.294 e. The van der Waals surface area contributed by atoms with Crippen LogP contribution in [0, 0.1) is 6.92 Å². The number of carbonyl (C=O) groups is 1. The molecule has 27 heavy (non-hydrogen) atoms. The molecule has 0 atom stereocenters. The van der Waals surface area contributed by atoms with Crippen LogP contribution in [0.25, 0.3) is 22.4 Å². The van der Waals surface area contributed by atoms with Gasteiger partial charge >= 0.3 is 0 Å². The molecule has 4 rings (SSSR count). The molecule has 0 aliphatic heterocycles. The van der Waals surface area contributed by atoms with Crippen molar-refractivity contribution in [3.8, 4) is 17.1 Å². The molecule has 2 aromatic heterocycles. The Morgan fingerprint density at radius 2 is 2.07 bits per heavy atom. The zero-order valence-electron chi connectivity index (χ0n) is 14.5. The highest BCUT2D eigenvalue weighted by atomic mass is 35.5. The lowest BCUT2D eigenvalue weighted by Crippen LogP contribution is -2.13. The highest BCUT2D eigenvalue weighted by Crippen LogP contribution is 2.29. The Balaban J connectivity index is 1.61. The first kappa shape index (κ1) is 17.1. The SMILES string of the molecule is COc1ccccc1-c1nc(NC(=O)c2oc3ccc(Cl)cc3c2C)n[nH]1. The van der Waals surface area contributed by atoms with E-state index in [9.17, 15) is 4.79 Å². The van der Waals surface area contributed by atoms with E-state index >= 15 is 0 Å². The Hall–Kier alpha value is -3.32. The van der Waals surface area contributed by atoms with Crippen molar-refractivity contribution in [1.82, 2.24) is 15.2 Å². The summed E-state index contributed by atoms with van der Waals surface area (Å²) in [4.78, 5) is 16.9. The average molecular weight is 383 g/mol. The molecule has 1 amide bonds. The summed E-state index contributed by atoms with van der Waals surface area (Å²) in [6, 6.07) is 12.6. The van der Waals surface area contributed by atoms with Crippen molar-refractivity contribution < 1.29 is 13.9 Å². The number of ether oxygens (including phenoxy) is 1. The molecule has 0 aliphatic carbocycles. The Labute approximate surface area is 159 Å². The summed E-state index contributed by atoms with van der Waals surface area (Å²) in [5, 5.41) is 10.9. The van der Waals surface area contributed by atoms with Crippen molar-refractivity contribution in [1.29, 1.82) is 0 Å². The molecule has 8 heteroatoms. The van der Waals surface area contributed by atoms with E-state index in [1.807, 2.05) is 24.3 Å². The highest BCUT2D eigenvalue weighted by Gasteiger charge is 2.20. The van der Waals surface area contributed by atoms with Gasteiger partial charge in [-0.2, -0.15) is 4.98 Å². The molecular formula is C19H15ClN4O3. The van der Waals surface area contributed by atoms with Crippen LogP contribution in [0.5, 0.6) is 5.75 Å². The third kappa shape index (κ3) is 3.13. The molecule has 2 N–H and O–H groups in total. The molecule has 7 nitrogen and oxygen atoms in total. The van der Waals surface area contributed by atoms with E-state index in [0.29, 0.717) is 27.7 Å². The summed E-state index contributed by atoms with van der Waals surface area (Å²) in [7, 11) is 1.58. The third-order valence-corrected chi connectivity index (χ3v) is 4.41. The van der Waals surface area contributed by atoms with Crippen LogP contribution in [0.3, 0.4) is 0 Å². The van der Waals surface area contributed by atoms with Gasteiger partial charge in [0.25, 0.3) is 5.91 Å². The number of benzene rings is 2. The van der Waals surface area contributed by atoms with E-state index in [4.69, 9.17) is 20.8 Å². The number of amides is 1. The fourth-order valence-electron chi connectivity index (χ4n) is 2.85. The van der Waals surface area contributed by atoms with E-state index in [1.165, 1.54) is 0 Å². The Morgan fingerprint density at radius 1 is 1.26 bits per heavy atom. The zero-order valence-corrected chi connectivity index (χ0v) is 15.3. The number of nitrogens with zero attached hydrogens (tertiary/aromatic N) is 2. The summed E-state index contributed by atoms with van der Waals surface area (Å²) in [5.74, 6) is 1.02. The van der Waals surface area contributed by atoms with E-state index in [2.05, 4.69) is 20.5 Å². The molecule has 0 bridgehead atoms. The maximum atomic E-state index is 12.6. The molecule has 4 aromatic rings. The number of nitrogens with one attached hydrogen (secondary N) is 2. The van der Waals surface area contributed by atoms with E-state index in [1.54, 1.807) is 32.2 Å². The molecule has 0 radical (unpaired) electrons.